The van der Waals surface area contributed by atoms with Crippen molar-refractivity contribution in [2.45, 2.75) is 6.92 Å². The van der Waals surface area contributed by atoms with Gasteiger partial charge >= 0.3 is 11.9 Å². The third kappa shape index (κ3) is 2.97. The predicted molar refractivity (Wildman–Crippen MR) is 96.4 cm³/mol. The molecule has 0 N–H and O–H groups in total. The monoisotopic (exact) mass is 350 g/mol. The largest absolute Gasteiger partial charge is 0.465 e. The van der Waals surface area contributed by atoms with Crippen molar-refractivity contribution in [3.8, 4) is 16.9 Å². The van der Waals surface area contributed by atoms with E-state index in [0.717, 1.165) is 11.1 Å². The first kappa shape index (κ1) is 17.4. The molecule has 0 unspecified atom stereocenters. The van der Waals surface area contributed by atoms with E-state index in [9.17, 15) is 9.59 Å². The molecule has 26 heavy (non-hydrogen) atoms. The van der Waals surface area contributed by atoms with E-state index in [1.54, 1.807) is 12.1 Å². The summed E-state index contributed by atoms with van der Waals surface area (Å²) in [4.78, 5) is 25.0. The number of esters is 2. The molecule has 0 fully saturated rings. The fourth-order valence-corrected chi connectivity index (χ4v) is 2.78. The summed E-state index contributed by atoms with van der Waals surface area (Å²) in [6.45, 7) is 1.91. The van der Waals surface area contributed by atoms with Gasteiger partial charge in [-0.05, 0) is 24.6 Å². The van der Waals surface area contributed by atoms with Crippen molar-refractivity contribution in [2.75, 3.05) is 14.2 Å². The predicted octanol–water partition coefficient (Wildman–Crippen LogP) is 3.42. The molecule has 0 aliphatic heterocycles. The minimum Gasteiger partial charge on any atom is -0.465 e. The molecular formula is C20H18N2O4. The topological polar surface area (TPSA) is 70.4 Å². The third-order valence-corrected chi connectivity index (χ3v) is 4.05. The average molecular weight is 350 g/mol. The second kappa shape index (κ2) is 7.23. The van der Waals surface area contributed by atoms with Crippen molar-refractivity contribution in [1.82, 2.24) is 9.78 Å². The lowest BCUT2D eigenvalue weighted by Gasteiger charge is -2.07. The first-order valence-corrected chi connectivity index (χ1v) is 7.99. The smallest absolute Gasteiger partial charge is 0.357 e. The summed E-state index contributed by atoms with van der Waals surface area (Å²) in [6, 6.07) is 16.6. The Kier molecular flexibility index (Phi) is 4.84. The van der Waals surface area contributed by atoms with E-state index >= 15 is 0 Å². The Labute approximate surface area is 151 Å². The van der Waals surface area contributed by atoms with Crippen LogP contribution >= 0.6 is 0 Å². The van der Waals surface area contributed by atoms with Crippen LogP contribution in [0.4, 0.5) is 0 Å². The van der Waals surface area contributed by atoms with Crippen molar-refractivity contribution in [3.63, 3.8) is 0 Å². The molecule has 0 aliphatic carbocycles. The first-order chi connectivity index (χ1) is 12.6. The van der Waals surface area contributed by atoms with Gasteiger partial charge in [-0.2, -0.15) is 5.10 Å². The molecule has 0 aliphatic rings. The van der Waals surface area contributed by atoms with E-state index in [2.05, 4.69) is 5.10 Å². The first-order valence-electron chi connectivity index (χ1n) is 7.99. The average Bonchev–Trinajstić information content (AvgIpc) is 3.08. The Hall–Kier alpha value is -3.41. The van der Waals surface area contributed by atoms with Gasteiger partial charge < -0.3 is 9.47 Å². The number of hydrogen-bond donors (Lipinski definition) is 0. The number of hydrogen-bond acceptors (Lipinski definition) is 5. The van der Waals surface area contributed by atoms with Crippen LogP contribution in [0, 0.1) is 6.92 Å². The minimum atomic E-state index is -0.665. The quantitative estimate of drug-likeness (QED) is 0.674. The number of para-hydroxylation sites is 1. The summed E-state index contributed by atoms with van der Waals surface area (Å²) >= 11 is 0. The molecule has 0 atom stereocenters. The van der Waals surface area contributed by atoms with Gasteiger partial charge in [0, 0.05) is 5.56 Å². The van der Waals surface area contributed by atoms with E-state index in [-0.39, 0.29) is 11.3 Å². The molecule has 1 aromatic heterocycles. The lowest BCUT2D eigenvalue weighted by atomic mass is 10.0. The highest BCUT2D eigenvalue weighted by molar-refractivity contribution is 6.07. The second-order valence-corrected chi connectivity index (χ2v) is 5.62. The molecule has 0 bridgehead atoms. The van der Waals surface area contributed by atoms with E-state index in [4.69, 9.17) is 9.47 Å². The standard InChI is InChI=1S/C20H18N2O4/c1-13-9-7-8-12-15(13)17-16(19(23)25-2)18(20(24)26-3)22(21-17)14-10-5-4-6-11-14/h4-12H,1-3H3. The van der Waals surface area contributed by atoms with Crippen molar-refractivity contribution in [2.24, 2.45) is 0 Å². The summed E-state index contributed by atoms with van der Waals surface area (Å²) in [6.07, 6.45) is 0. The molecule has 0 amide bonds. The Morgan fingerprint density at radius 2 is 1.50 bits per heavy atom. The van der Waals surface area contributed by atoms with Gasteiger partial charge in [0.1, 0.15) is 11.3 Å². The van der Waals surface area contributed by atoms with Crippen molar-refractivity contribution in [3.05, 3.63) is 71.4 Å². The molecule has 0 saturated heterocycles. The Balaban J connectivity index is 2.38. The molecule has 1 heterocycles. The minimum absolute atomic E-state index is 0.0313. The highest BCUT2D eigenvalue weighted by Crippen LogP contribution is 2.30. The van der Waals surface area contributed by atoms with Gasteiger partial charge in [0.05, 0.1) is 19.9 Å². The van der Waals surface area contributed by atoms with Gasteiger partial charge in [0.25, 0.3) is 0 Å². The molecular weight excluding hydrogens is 332 g/mol. The fourth-order valence-electron chi connectivity index (χ4n) is 2.78. The van der Waals surface area contributed by atoms with E-state index in [1.807, 2.05) is 49.4 Å². The zero-order valence-electron chi connectivity index (χ0n) is 14.7. The fraction of sp³-hybridized carbons (Fsp3) is 0.150. The zero-order chi connectivity index (χ0) is 18.7. The highest BCUT2D eigenvalue weighted by atomic mass is 16.5. The number of nitrogens with zero attached hydrogens (tertiary/aromatic N) is 2. The molecule has 132 valence electrons. The summed E-state index contributed by atoms with van der Waals surface area (Å²) in [7, 11) is 2.53. The van der Waals surface area contributed by atoms with E-state index in [0.29, 0.717) is 11.4 Å². The van der Waals surface area contributed by atoms with Crippen LogP contribution in [0.25, 0.3) is 16.9 Å². The molecule has 6 heteroatoms. The van der Waals surface area contributed by atoms with Crippen LogP contribution in [0.15, 0.2) is 54.6 Å². The number of aryl methyl sites for hydroxylation is 1. The summed E-state index contributed by atoms with van der Waals surface area (Å²) in [5.41, 5.74) is 2.79. The van der Waals surface area contributed by atoms with Crippen LogP contribution in [-0.4, -0.2) is 35.9 Å². The second-order valence-electron chi connectivity index (χ2n) is 5.62. The Bertz CT molecular complexity index is 961. The van der Waals surface area contributed by atoms with Crippen molar-refractivity contribution in [1.29, 1.82) is 0 Å². The maximum absolute atomic E-state index is 12.5. The van der Waals surface area contributed by atoms with Crippen LogP contribution in [-0.2, 0) is 9.47 Å². The number of rotatable bonds is 4. The van der Waals surface area contributed by atoms with Crippen LogP contribution in [0.5, 0.6) is 0 Å². The van der Waals surface area contributed by atoms with Gasteiger partial charge in [-0.1, -0.05) is 42.5 Å². The lowest BCUT2D eigenvalue weighted by molar-refractivity contribution is 0.0549. The molecule has 2 aromatic carbocycles. The summed E-state index contributed by atoms with van der Waals surface area (Å²) in [5, 5.41) is 4.56. The van der Waals surface area contributed by atoms with Gasteiger partial charge in [-0.15, -0.1) is 0 Å². The van der Waals surface area contributed by atoms with Gasteiger partial charge in [-0.3, -0.25) is 0 Å². The number of carbonyl (C=O) groups excluding carboxylic acids is 2. The SMILES string of the molecule is COC(=O)c1c(-c2ccccc2C)nn(-c2ccccc2)c1C(=O)OC. The van der Waals surface area contributed by atoms with Crippen LogP contribution in [0.1, 0.15) is 26.4 Å². The number of benzene rings is 2. The molecule has 0 spiro atoms. The number of methoxy groups -OCH3 is 2. The van der Waals surface area contributed by atoms with Crippen molar-refractivity contribution >= 4 is 11.9 Å². The number of aromatic nitrogens is 2. The molecule has 0 radical (unpaired) electrons. The van der Waals surface area contributed by atoms with E-state index < -0.39 is 11.9 Å². The third-order valence-electron chi connectivity index (χ3n) is 4.05. The maximum Gasteiger partial charge on any atom is 0.357 e. The number of carbonyl (C=O) groups is 2. The Morgan fingerprint density at radius 1 is 0.885 bits per heavy atom. The van der Waals surface area contributed by atoms with Crippen LogP contribution in [0.2, 0.25) is 0 Å². The van der Waals surface area contributed by atoms with Gasteiger partial charge in [0.2, 0.25) is 0 Å². The molecule has 0 saturated carbocycles. The molecule has 3 rings (SSSR count). The maximum atomic E-state index is 12.5. The van der Waals surface area contributed by atoms with Crippen molar-refractivity contribution < 1.29 is 19.1 Å². The highest BCUT2D eigenvalue weighted by Gasteiger charge is 2.31. The van der Waals surface area contributed by atoms with Gasteiger partial charge in [0.15, 0.2) is 5.69 Å². The zero-order valence-corrected chi connectivity index (χ0v) is 14.7. The van der Waals surface area contributed by atoms with Crippen LogP contribution in [0.3, 0.4) is 0 Å². The normalized spacial score (nSPS) is 10.4. The Morgan fingerprint density at radius 3 is 2.12 bits per heavy atom. The van der Waals surface area contributed by atoms with E-state index in [1.165, 1.54) is 18.9 Å². The van der Waals surface area contributed by atoms with Crippen LogP contribution < -0.4 is 0 Å². The molecule has 3 aromatic rings. The summed E-state index contributed by atoms with van der Waals surface area (Å²) < 4.78 is 11.2. The van der Waals surface area contributed by atoms with Gasteiger partial charge in [-0.25, -0.2) is 14.3 Å². The molecule has 6 nitrogen and oxygen atoms in total. The lowest BCUT2D eigenvalue weighted by Crippen LogP contribution is -2.15. The number of ether oxygens (including phenoxy) is 2. The summed E-state index contributed by atoms with van der Waals surface area (Å²) in [5.74, 6) is -1.31.